The molecule has 6 nitrogen and oxygen atoms in total. The largest absolute Gasteiger partial charge is 0.494 e. The predicted molar refractivity (Wildman–Crippen MR) is 143 cm³/mol. The average molecular weight is 521 g/mol. The number of fused-ring (bicyclic) bond motifs is 3. The van der Waals surface area contributed by atoms with E-state index in [1.165, 1.54) is 17.4 Å². The normalized spacial score (nSPS) is 18.2. The van der Waals surface area contributed by atoms with E-state index in [4.69, 9.17) is 14.6 Å². The molecule has 2 atom stereocenters. The van der Waals surface area contributed by atoms with E-state index in [1.54, 1.807) is 0 Å². The molecule has 0 saturated heterocycles. The molecule has 37 heavy (non-hydrogen) atoms. The Balaban J connectivity index is 1.25. The predicted octanol–water partition coefficient (Wildman–Crippen LogP) is 5.08. The Morgan fingerprint density at radius 3 is 2.49 bits per heavy atom. The second-order valence-corrected chi connectivity index (χ2v) is 12.4. The first-order chi connectivity index (χ1) is 17.8. The van der Waals surface area contributed by atoms with Crippen molar-refractivity contribution in [3.8, 4) is 22.6 Å². The first-order valence-corrected chi connectivity index (χ1v) is 14.8. The first-order valence-electron chi connectivity index (χ1n) is 12.8. The minimum atomic E-state index is -2.98. The molecule has 1 heterocycles. The van der Waals surface area contributed by atoms with Gasteiger partial charge in [0.2, 0.25) is 0 Å². The van der Waals surface area contributed by atoms with Gasteiger partial charge in [-0.3, -0.25) is 4.79 Å². The molecule has 1 aliphatic heterocycles. The fourth-order valence-corrected chi connectivity index (χ4v) is 5.68. The van der Waals surface area contributed by atoms with Crippen LogP contribution in [-0.4, -0.2) is 44.7 Å². The van der Waals surface area contributed by atoms with E-state index in [0.29, 0.717) is 19.6 Å². The Morgan fingerprint density at radius 2 is 1.76 bits per heavy atom. The molecule has 2 aliphatic rings. The Bertz CT molecular complexity index is 1390. The summed E-state index contributed by atoms with van der Waals surface area (Å²) >= 11 is 0. The smallest absolute Gasteiger partial charge is 0.307 e. The number of aliphatic carboxylic acids is 1. The zero-order valence-corrected chi connectivity index (χ0v) is 21.8. The second-order valence-electron chi connectivity index (χ2n) is 10.1. The van der Waals surface area contributed by atoms with Crippen LogP contribution in [0.2, 0.25) is 0 Å². The molecule has 0 spiro atoms. The highest BCUT2D eigenvalue weighted by Gasteiger charge is 2.43. The van der Waals surface area contributed by atoms with E-state index in [2.05, 4.69) is 48.5 Å². The second kappa shape index (κ2) is 10.6. The highest BCUT2D eigenvalue weighted by Crippen LogP contribution is 2.47. The summed E-state index contributed by atoms with van der Waals surface area (Å²) in [5, 5.41) is 9.16. The number of carbonyl (C=O) groups is 1. The summed E-state index contributed by atoms with van der Waals surface area (Å²) in [6, 6.07) is 20.8. The zero-order chi connectivity index (χ0) is 26.0. The Morgan fingerprint density at radius 1 is 1.00 bits per heavy atom. The van der Waals surface area contributed by atoms with Crippen molar-refractivity contribution < 1.29 is 27.8 Å². The summed E-state index contributed by atoms with van der Waals surface area (Å²) in [5.41, 5.74) is 6.96. The van der Waals surface area contributed by atoms with E-state index >= 15 is 0 Å². The number of rotatable bonds is 10. The van der Waals surface area contributed by atoms with Crippen LogP contribution in [-0.2, 0) is 33.9 Å². The van der Waals surface area contributed by atoms with Crippen molar-refractivity contribution in [2.45, 2.75) is 38.0 Å². The molecule has 1 saturated carbocycles. The van der Waals surface area contributed by atoms with Crippen molar-refractivity contribution >= 4 is 15.8 Å². The topological polar surface area (TPSA) is 89.9 Å². The molecule has 1 N–H and O–H groups in total. The molecule has 1 fully saturated rings. The van der Waals surface area contributed by atoms with Crippen molar-refractivity contribution in [3.63, 3.8) is 0 Å². The van der Waals surface area contributed by atoms with E-state index in [-0.39, 0.29) is 17.6 Å². The lowest BCUT2D eigenvalue weighted by molar-refractivity contribution is -0.138. The van der Waals surface area contributed by atoms with Crippen LogP contribution >= 0.6 is 0 Å². The summed E-state index contributed by atoms with van der Waals surface area (Å²) in [7, 11) is -2.98. The summed E-state index contributed by atoms with van der Waals surface area (Å²) in [6.45, 7) is 0.956. The standard InChI is InChI=1S/C30H32O6S/c1-37(33,34)16-2-14-35-24-10-11-25-23(18-24)13-15-36-29-12-7-21(17-27(25)29)4-3-20-5-8-22(9-6-20)26-19-28(26)30(31)32/h5-12,17-18,26,28H,2-4,13-16,19H2,1H3,(H,31,32)/t26-,28+/m1/s1. The van der Waals surface area contributed by atoms with Crippen molar-refractivity contribution in [1.29, 1.82) is 0 Å². The lowest BCUT2D eigenvalue weighted by Gasteiger charge is -2.13. The molecule has 3 aromatic rings. The third kappa shape index (κ3) is 6.34. The van der Waals surface area contributed by atoms with Gasteiger partial charge in [0.05, 0.1) is 24.9 Å². The van der Waals surface area contributed by atoms with Crippen molar-refractivity contribution in [2.75, 3.05) is 25.2 Å². The van der Waals surface area contributed by atoms with Gasteiger partial charge in [0.25, 0.3) is 0 Å². The van der Waals surface area contributed by atoms with Gasteiger partial charge in [-0.05, 0) is 83.7 Å². The summed E-state index contributed by atoms with van der Waals surface area (Å²) in [5.74, 6) is 0.990. The van der Waals surface area contributed by atoms with Crippen LogP contribution in [0.5, 0.6) is 11.5 Å². The third-order valence-corrected chi connectivity index (χ3v) is 8.22. The van der Waals surface area contributed by atoms with E-state index < -0.39 is 15.8 Å². The molecular weight excluding hydrogens is 488 g/mol. The van der Waals surface area contributed by atoms with Gasteiger partial charge in [-0.1, -0.05) is 36.4 Å². The molecule has 0 bridgehead atoms. The maximum atomic E-state index is 11.3. The lowest BCUT2D eigenvalue weighted by Crippen LogP contribution is -2.08. The van der Waals surface area contributed by atoms with E-state index in [9.17, 15) is 13.2 Å². The summed E-state index contributed by atoms with van der Waals surface area (Å²) in [4.78, 5) is 11.1. The minimum Gasteiger partial charge on any atom is -0.494 e. The van der Waals surface area contributed by atoms with Gasteiger partial charge >= 0.3 is 5.97 Å². The van der Waals surface area contributed by atoms with Crippen molar-refractivity contribution in [1.82, 2.24) is 0 Å². The highest BCUT2D eigenvalue weighted by atomic mass is 32.2. The monoisotopic (exact) mass is 520 g/mol. The molecule has 194 valence electrons. The Hall–Kier alpha value is -3.32. The van der Waals surface area contributed by atoms with Crippen LogP contribution in [0.1, 0.15) is 41.0 Å². The van der Waals surface area contributed by atoms with Crippen molar-refractivity contribution in [2.24, 2.45) is 5.92 Å². The number of hydrogen-bond donors (Lipinski definition) is 1. The molecule has 1 aliphatic carbocycles. The molecular formula is C30H32O6S. The molecule has 7 heteroatoms. The van der Waals surface area contributed by atoms with Gasteiger partial charge in [0.1, 0.15) is 21.3 Å². The lowest BCUT2D eigenvalue weighted by atomic mass is 9.94. The van der Waals surface area contributed by atoms with Gasteiger partial charge < -0.3 is 14.6 Å². The van der Waals surface area contributed by atoms with E-state index in [0.717, 1.165) is 59.4 Å². The number of carboxylic acids is 1. The maximum Gasteiger partial charge on any atom is 0.307 e. The van der Waals surface area contributed by atoms with Gasteiger partial charge in [-0.2, -0.15) is 0 Å². The zero-order valence-electron chi connectivity index (χ0n) is 21.0. The Labute approximate surface area is 218 Å². The van der Waals surface area contributed by atoms with Gasteiger partial charge in [-0.25, -0.2) is 8.42 Å². The number of benzene rings is 3. The third-order valence-electron chi connectivity index (χ3n) is 7.19. The molecule has 0 amide bonds. The Kier molecular flexibility index (Phi) is 7.24. The van der Waals surface area contributed by atoms with E-state index in [1.807, 2.05) is 12.1 Å². The number of sulfone groups is 1. The van der Waals surface area contributed by atoms with Crippen LogP contribution in [0.4, 0.5) is 0 Å². The molecule has 0 radical (unpaired) electrons. The van der Waals surface area contributed by atoms with Crippen LogP contribution in [0, 0.1) is 5.92 Å². The minimum absolute atomic E-state index is 0.123. The van der Waals surface area contributed by atoms with Crippen LogP contribution in [0.25, 0.3) is 11.1 Å². The van der Waals surface area contributed by atoms with Gasteiger partial charge in [0.15, 0.2) is 0 Å². The fraction of sp³-hybridized carbons (Fsp3) is 0.367. The van der Waals surface area contributed by atoms with Crippen LogP contribution < -0.4 is 9.47 Å². The van der Waals surface area contributed by atoms with Gasteiger partial charge in [0, 0.05) is 18.2 Å². The summed E-state index contributed by atoms with van der Waals surface area (Å²) in [6.07, 6.45) is 5.02. The number of carboxylic acid groups (broad SMARTS) is 1. The SMILES string of the molecule is CS(=O)(=O)CCCOc1ccc2c(c1)CCOc1ccc(CCc3ccc([C@H]4C[C@@H]4C(=O)O)cc3)cc1-2. The van der Waals surface area contributed by atoms with Crippen LogP contribution in [0.3, 0.4) is 0 Å². The molecule has 5 rings (SSSR count). The quantitative estimate of drug-likeness (QED) is 0.375. The molecule has 0 aromatic heterocycles. The van der Waals surface area contributed by atoms with Crippen LogP contribution in [0.15, 0.2) is 60.7 Å². The average Bonchev–Trinajstić information content (AvgIpc) is 3.69. The van der Waals surface area contributed by atoms with Gasteiger partial charge in [-0.15, -0.1) is 0 Å². The maximum absolute atomic E-state index is 11.3. The molecule has 0 unspecified atom stereocenters. The van der Waals surface area contributed by atoms with Crippen molar-refractivity contribution in [3.05, 3.63) is 82.9 Å². The molecule has 3 aromatic carbocycles. The number of aryl methyl sites for hydroxylation is 2. The summed E-state index contributed by atoms with van der Waals surface area (Å²) < 4.78 is 34.5. The fourth-order valence-electron chi connectivity index (χ4n) is 5.04. The number of hydrogen-bond acceptors (Lipinski definition) is 5. The first kappa shape index (κ1) is 25.3. The highest BCUT2D eigenvalue weighted by molar-refractivity contribution is 7.90. The number of ether oxygens (including phenoxy) is 2.